The lowest BCUT2D eigenvalue weighted by molar-refractivity contribution is 0.130. The molecular formula is C16H27ClN2. The summed E-state index contributed by atoms with van der Waals surface area (Å²) in [6.07, 6.45) is 2.09. The molecule has 0 aromatic heterocycles. The maximum atomic E-state index is 6.38. The topological polar surface area (TPSA) is 29.3 Å². The van der Waals surface area contributed by atoms with Crippen molar-refractivity contribution in [3.05, 3.63) is 34.9 Å². The van der Waals surface area contributed by atoms with Gasteiger partial charge in [0.15, 0.2) is 0 Å². The van der Waals surface area contributed by atoms with Crippen molar-refractivity contribution in [3.8, 4) is 0 Å². The standard InChI is InChI=1S/C16H27ClN2/c1-5-10-19(12(3)4)16(15(18)6-2)13-8-7-9-14(17)11-13/h7-9,11-12,15-16H,5-6,10,18H2,1-4H3. The molecule has 0 saturated heterocycles. The van der Waals surface area contributed by atoms with E-state index < -0.39 is 0 Å². The molecule has 0 aliphatic rings. The van der Waals surface area contributed by atoms with E-state index in [1.165, 1.54) is 5.56 Å². The van der Waals surface area contributed by atoms with Crippen LogP contribution in [0.3, 0.4) is 0 Å². The van der Waals surface area contributed by atoms with Gasteiger partial charge in [-0.05, 0) is 50.9 Å². The van der Waals surface area contributed by atoms with Crippen LogP contribution < -0.4 is 5.73 Å². The van der Waals surface area contributed by atoms with E-state index in [-0.39, 0.29) is 12.1 Å². The zero-order chi connectivity index (χ0) is 14.4. The molecule has 0 heterocycles. The number of nitrogens with two attached hydrogens (primary N) is 1. The fourth-order valence-electron chi connectivity index (χ4n) is 2.58. The largest absolute Gasteiger partial charge is 0.326 e. The fourth-order valence-corrected chi connectivity index (χ4v) is 2.77. The summed E-state index contributed by atoms with van der Waals surface area (Å²) in [7, 11) is 0. The van der Waals surface area contributed by atoms with Crippen LogP contribution >= 0.6 is 11.6 Å². The summed E-state index contributed by atoms with van der Waals surface area (Å²) in [4.78, 5) is 2.49. The van der Waals surface area contributed by atoms with Crippen LogP contribution in [-0.4, -0.2) is 23.5 Å². The minimum absolute atomic E-state index is 0.132. The van der Waals surface area contributed by atoms with Gasteiger partial charge in [-0.3, -0.25) is 4.90 Å². The first-order chi connectivity index (χ1) is 9.01. The Morgan fingerprint density at radius 1 is 1.26 bits per heavy atom. The molecule has 0 fully saturated rings. The number of rotatable bonds is 7. The van der Waals surface area contributed by atoms with Gasteiger partial charge in [-0.2, -0.15) is 0 Å². The normalized spacial score (nSPS) is 14.9. The highest BCUT2D eigenvalue weighted by Crippen LogP contribution is 2.29. The Hall–Kier alpha value is -0.570. The van der Waals surface area contributed by atoms with Gasteiger partial charge in [-0.25, -0.2) is 0 Å². The number of benzene rings is 1. The van der Waals surface area contributed by atoms with E-state index in [1.807, 2.05) is 18.2 Å². The molecule has 1 aromatic carbocycles. The lowest BCUT2D eigenvalue weighted by atomic mass is 9.95. The second-order valence-corrected chi connectivity index (χ2v) is 5.84. The molecule has 0 saturated carbocycles. The summed E-state index contributed by atoms with van der Waals surface area (Å²) < 4.78 is 0. The molecule has 0 spiro atoms. The van der Waals surface area contributed by atoms with Crippen LogP contribution in [0.4, 0.5) is 0 Å². The average Bonchev–Trinajstić information content (AvgIpc) is 2.37. The highest BCUT2D eigenvalue weighted by atomic mass is 35.5. The van der Waals surface area contributed by atoms with E-state index in [9.17, 15) is 0 Å². The first-order valence-corrected chi connectivity index (χ1v) is 7.65. The number of nitrogens with zero attached hydrogens (tertiary/aromatic N) is 1. The zero-order valence-electron chi connectivity index (χ0n) is 12.6. The predicted octanol–water partition coefficient (Wildman–Crippen LogP) is 4.24. The number of hydrogen-bond donors (Lipinski definition) is 1. The Balaban J connectivity index is 3.12. The fraction of sp³-hybridized carbons (Fsp3) is 0.625. The van der Waals surface area contributed by atoms with Gasteiger partial charge in [0.2, 0.25) is 0 Å². The van der Waals surface area contributed by atoms with Gasteiger partial charge in [-0.1, -0.05) is 37.6 Å². The van der Waals surface area contributed by atoms with Crippen LogP contribution in [0.1, 0.15) is 52.1 Å². The van der Waals surface area contributed by atoms with Crippen molar-refractivity contribution in [3.63, 3.8) is 0 Å². The molecule has 1 aromatic rings. The SMILES string of the molecule is CCCN(C(C)C)C(c1cccc(Cl)c1)C(N)CC. The van der Waals surface area contributed by atoms with Crippen molar-refractivity contribution in [1.29, 1.82) is 0 Å². The van der Waals surface area contributed by atoms with E-state index in [1.54, 1.807) is 0 Å². The van der Waals surface area contributed by atoms with E-state index in [4.69, 9.17) is 17.3 Å². The molecule has 0 amide bonds. The monoisotopic (exact) mass is 282 g/mol. The molecule has 0 radical (unpaired) electrons. The van der Waals surface area contributed by atoms with E-state index in [0.717, 1.165) is 24.4 Å². The summed E-state index contributed by atoms with van der Waals surface area (Å²) in [6, 6.07) is 8.96. The van der Waals surface area contributed by atoms with E-state index >= 15 is 0 Å². The first-order valence-electron chi connectivity index (χ1n) is 7.28. The molecule has 108 valence electrons. The Morgan fingerprint density at radius 3 is 2.42 bits per heavy atom. The zero-order valence-corrected chi connectivity index (χ0v) is 13.3. The molecule has 0 aliphatic carbocycles. The quantitative estimate of drug-likeness (QED) is 0.810. The maximum Gasteiger partial charge on any atom is 0.0502 e. The highest BCUT2D eigenvalue weighted by molar-refractivity contribution is 6.30. The van der Waals surface area contributed by atoms with E-state index in [0.29, 0.717) is 6.04 Å². The Kier molecular flexibility index (Phi) is 6.84. The van der Waals surface area contributed by atoms with Gasteiger partial charge in [0.1, 0.15) is 0 Å². The maximum absolute atomic E-state index is 6.38. The van der Waals surface area contributed by atoms with Gasteiger partial charge < -0.3 is 5.73 Å². The van der Waals surface area contributed by atoms with Crippen LogP contribution in [-0.2, 0) is 0 Å². The Bertz CT molecular complexity index is 379. The number of hydrogen-bond acceptors (Lipinski definition) is 2. The van der Waals surface area contributed by atoms with Crippen molar-refractivity contribution < 1.29 is 0 Å². The summed E-state index contributed by atoms with van der Waals surface area (Å²) in [5.74, 6) is 0. The third kappa shape index (κ3) is 4.48. The lowest BCUT2D eigenvalue weighted by Crippen LogP contribution is -2.44. The minimum atomic E-state index is 0.132. The third-order valence-corrected chi connectivity index (χ3v) is 3.80. The molecule has 0 aliphatic heterocycles. The van der Waals surface area contributed by atoms with Gasteiger partial charge in [0.25, 0.3) is 0 Å². The van der Waals surface area contributed by atoms with Crippen LogP contribution in [0.2, 0.25) is 5.02 Å². The molecule has 2 atom stereocenters. The molecule has 3 heteroatoms. The van der Waals surface area contributed by atoms with Crippen molar-refractivity contribution >= 4 is 11.6 Å². The van der Waals surface area contributed by atoms with Crippen molar-refractivity contribution in [2.24, 2.45) is 5.73 Å². The van der Waals surface area contributed by atoms with Crippen LogP contribution in [0.15, 0.2) is 24.3 Å². The molecule has 2 unspecified atom stereocenters. The Labute approximate surface area is 122 Å². The summed E-state index contributed by atoms with van der Waals surface area (Å²) in [5.41, 5.74) is 7.61. The van der Waals surface area contributed by atoms with Gasteiger partial charge >= 0.3 is 0 Å². The Morgan fingerprint density at radius 2 is 1.95 bits per heavy atom. The summed E-state index contributed by atoms with van der Waals surface area (Å²) in [5, 5.41) is 0.783. The van der Waals surface area contributed by atoms with E-state index in [2.05, 4.69) is 38.7 Å². The first kappa shape index (κ1) is 16.5. The summed E-state index contributed by atoms with van der Waals surface area (Å²) in [6.45, 7) is 9.88. The minimum Gasteiger partial charge on any atom is -0.326 e. The average molecular weight is 283 g/mol. The van der Waals surface area contributed by atoms with Crippen LogP contribution in [0.5, 0.6) is 0 Å². The van der Waals surface area contributed by atoms with Gasteiger partial charge in [-0.15, -0.1) is 0 Å². The van der Waals surface area contributed by atoms with Crippen LogP contribution in [0, 0.1) is 0 Å². The van der Waals surface area contributed by atoms with Crippen molar-refractivity contribution in [1.82, 2.24) is 4.90 Å². The van der Waals surface area contributed by atoms with Crippen molar-refractivity contribution in [2.75, 3.05) is 6.54 Å². The molecule has 2 N–H and O–H groups in total. The van der Waals surface area contributed by atoms with Gasteiger partial charge in [0.05, 0.1) is 6.04 Å². The smallest absolute Gasteiger partial charge is 0.0502 e. The van der Waals surface area contributed by atoms with Gasteiger partial charge in [0, 0.05) is 17.1 Å². The second kappa shape index (κ2) is 7.88. The second-order valence-electron chi connectivity index (χ2n) is 5.40. The van der Waals surface area contributed by atoms with Crippen LogP contribution in [0.25, 0.3) is 0 Å². The lowest BCUT2D eigenvalue weighted by Gasteiger charge is -2.38. The molecule has 2 nitrogen and oxygen atoms in total. The predicted molar refractivity (Wildman–Crippen MR) is 84.6 cm³/mol. The highest BCUT2D eigenvalue weighted by Gasteiger charge is 2.27. The molecule has 0 bridgehead atoms. The number of halogens is 1. The third-order valence-electron chi connectivity index (χ3n) is 3.57. The summed E-state index contributed by atoms with van der Waals surface area (Å²) >= 11 is 6.14. The molecule has 1 rings (SSSR count). The molecular weight excluding hydrogens is 256 g/mol. The van der Waals surface area contributed by atoms with Crippen molar-refractivity contribution in [2.45, 2.75) is 58.7 Å². The molecule has 19 heavy (non-hydrogen) atoms.